The average Bonchev–Trinajstić information content (AvgIpc) is 2.59. The van der Waals surface area contributed by atoms with Crippen molar-refractivity contribution < 1.29 is 9.47 Å². The van der Waals surface area contributed by atoms with Gasteiger partial charge in [0.05, 0.1) is 13.2 Å². The largest absolute Gasteiger partial charge is 0.495 e. The molecule has 0 bridgehead atoms. The predicted molar refractivity (Wildman–Crippen MR) is 50.1 cm³/mol. The Morgan fingerprint density at radius 2 is 2.43 bits per heavy atom. The number of hydrogen-bond acceptors (Lipinski definition) is 4. The third kappa shape index (κ3) is 1.10. The Morgan fingerprint density at radius 3 is 3.07 bits per heavy atom. The van der Waals surface area contributed by atoms with Gasteiger partial charge in [0, 0.05) is 5.56 Å². The summed E-state index contributed by atoms with van der Waals surface area (Å²) in [6.45, 7) is 0.428. The van der Waals surface area contributed by atoms with E-state index in [9.17, 15) is 0 Å². The number of hydrogen-bond donors (Lipinski definition) is 1. The molecule has 1 atom stereocenters. The maximum atomic E-state index is 8.95. The van der Waals surface area contributed by atoms with Crippen molar-refractivity contribution in [3.05, 3.63) is 23.3 Å². The van der Waals surface area contributed by atoms with E-state index < -0.39 is 0 Å². The number of nitrogens with zero attached hydrogens (tertiary/aromatic N) is 1. The van der Waals surface area contributed by atoms with Gasteiger partial charge in [-0.05, 0) is 12.1 Å². The molecule has 0 spiro atoms. The molecule has 1 aromatic carbocycles. The lowest BCUT2D eigenvalue weighted by Gasteiger charge is -2.06. The van der Waals surface area contributed by atoms with Gasteiger partial charge in [0.2, 0.25) is 0 Å². The summed E-state index contributed by atoms with van der Waals surface area (Å²) in [4.78, 5) is 0. The standard InChI is InChI=1S/C10H10N2O2/c1-13-9-3-2-6-8(12)5-14-10(6)7(9)4-11/h2-3,8H,5,12H2,1H3. The van der Waals surface area contributed by atoms with Crippen LogP contribution in [0.1, 0.15) is 17.2 Å². The molecular formula is C10H10N2O2. The zero-order chi connectivity index (χ0) is 10.1. The van der Waals surface area contributed by atoms with Crippen molar-refractivity contribution in [2.24, 2.45) is 5.73 Å². The molecule has 0 radical (unpaired) electrons. The molecule has 0 saturated carbocycles. The summed E-state index contributed by atoms with van der Waals surface area (Å²) in [6.07, 6.45) is 0. The van der Waals surface area contributed by atoms with Gasteiger partial charge in [0.15, 0.2) is 0 Å². The second kappa shape index (κ2) is 3.20. The second-order valence-electron chi connectivity index (χ2n) is 3.09. The van der Waals surface area contributed by atoms with Crippen molar-refractivity contribution in [3.63, 3.8) is 0 Å². The lowest BCUT2D eigenvalue weighted by molar-refractivity contribution is 0.330. The minimum atomic E-state index is -0.136. The Kier molecular flexibility index (Phi) is 2.02. The van der Waals surface area contributed by atoms with Crippen LogP contribution in [0, 0.1) is 11.3 Å². The first-order valence-corrected chi connectivity index (χ1v) is 4.27. The molecule has 0 amide bonds. The second-order valence-corrected chi connectivity index (χ2v) is 3.09. The molecule has 0 fully saturated rings. The van der Waals surface area contributed by atoms with Crippen molar-refractivity contribution in [1.82, 2.24) is 0 Å². The van der Waals surface area contributed by atoms with Crippen molar-refractivity contribution in [2.75, 3.05) is 13.7 Å². The highest BCUT2D eigenvalue weighted by atomic mass is 16.5. The summed E-state index contributed by atoms with van der Waals surface area (Å²) in [6, 6.07) is 5.51. The highest BCUT2D eigenvalue weighted by molar-refractivity contribution is 5.59. The molecule has 1 aromatic rings. The Bertz CT molecular complexity index is 409. The molecule has 14 heavy (non-hydrogen) atoms. The van der Waals surface area contributed by atoms with E-state index in [-0.39, 0.29) is 6.04 Å². The van der Waals surface area contributed by atoms with Crippen LogP contribution in [0.15, 0.2) is 12.1 Å². The zero-order valence-corrected chi connectivity index (χ0v) is 7.78. The van der Waals surface area contributed by atoms with E-state index in [1.54, 1.807) is 6.07 Å². The van der Waals surface area contributed by atoms with Gasteiger partial charge in [0.25, 0.3) is 0 Å². The van der Waals surface area contributed by atoms with E-state index in [4.69, 9.17) is 20.5 Å². The number of benzene rings is 1. The van der Waals surface area contributed by atoms with E-state index in [1.165, 1.54) is 7.11 Å². The number of nitriles is 1. The summed E-state index contributed by atoms with van der Waals surface area (Å²) >= 11 is 0. The quantitative estimate of drug-likeness (QED) is 0.716. The fourth-order valence-corrected chi connectivity index (χ4v) is 1.57. The molecule has 0 aliphatic carbocycles. The van der Waals surface area contributed by atoms with Gasteiger partial charge in [-0.1, -0.05) is 0 Å². The van der Waals surface area contributed by atoms with E-state index in [2.05, 4.69) is 6.07 Å². The molecule has 0 aromatic heterocycles. The summed E-state index contributed by atoms with van der Waals surface area (Å²) in [5, 5.41) is 8.95. The Balaban J connectivity index is 2.61. The Morgan fingerprint density at radius 1 is 1.64 bits per heavy atom. The van der Waals surface area contributed by atoms with Crippen LogP contribution in [0.3, 0.4) is 0 Å². The zero-order valence-electron chi connectivity index (χ0n) is 7.78. The van der Waals surface area contributed by atoms with Crippen LogP contribution in [-0.4, -0.2) is 13.7 Å². The first-order chi connectivity index (χ1) is 6.77. The molecule has 4 nitrogen and oxygen atoms in total. The van der Waals surface area contributed by atoms with Crippen LogP contribution in [-0.2, 0) is 0 Å². The number of ether oxygens (including phenoxy) is 2. The highest BCUT2D eigenvalue weighted by Crippen LogP contribution is 2.38. The van der Waals surface area contributed by atoms with Gasteiger partial charge in [0.1, 0.15) is 29.7 Å². The van der Waals surface area contributed by atoms with E-state index >= 15 is 0 Å². The van der Waals surface area contributed by atoms with Gasteiger partial charge in [-0.15, -0.1) is 0 Å². The van der Waals surface area contributed by atoms with Crippen molar-refractivity contribution >= 4 is 0 Å². The SMILES string of the molecule is COc1ccc2c(c1C#N)OCC2N. The molecule has 2 N–H and O–H groups in total. The molecule has 4 heteroatoms. The van der Waals surface area contributed by atoms with E-state index in [0.717, 1.165) is 5.56 Å². The van der Waals surface area contributed by atoms with Crippen LogP contribution in [0.25, 0.3) is 0 Å². The minimum Gasteiger partial charge on any atom is -0.495 e. The van der Waals surface area contributed by atoms with Crippen LogP contribution in [0.2, 0.25) is 0 Å². The fraction of sp³-hybridized carbons (Fsp3) is 0.300. The normalized spacial score (nSPS) is 18.2. The van der Waals surface area contributed by atoms with Crippen LogP contribution in [0.5, 0.6) is 11.5 Å². The van der Waals surface area contributed by atoms with Crippen LogP contribution in [0.4, 0.5) is 0 Å². The Hall–Kier alpha value is -1.73. The molecule has 1 heterocycles. The molecule has 1 unspecified atom stereocenters. The third-order valence-electron chi connectivity index (χ3n) is 2.29. The first kappa shape index (κ1) is 8.85. The van der Waals surface area contributed by atoms with Gasteiger partial charge in [-0.25, -0.2) is 0 Å². The number of methoxy groups -OCH3 is 1. The monoisotopic (exact) mass is 190 g/mol. The molecule has 72 valence electrons. The summed E-state index contributed by atoms with van der Waals surface area (Å²) < 4.78 is 10.4. The highest BCUT2D eigenvalue weighted by Gasteiger charge is 2.25. The predicted octanol–water partition coefficient (Wildman–Crippen LogP) is 0.959. The topological polar surface area (TPSA) is 68.3 Å². The van der Waals surface area contributed by atoms with Gasteiger partial charge < -0.3 is 15.2 Å². The Labute approximate surface area is 81.8 Å². The number of rotatable bonds is 1. The summed E-state index contributed by atoms with van der Waals surface area (Å²) in [5.74, 6) is 1.10. The fourth-order valence-electron chi connectivity index (χ4n) is 1.57. The van der Waals surface area contributed by atoms with E-state index in [0.29, 0.717) is 23.7 Å². The lowest BCUT2D eigenvalue weighted by atomic mass is 10.1. The smallest absolute Gasteiger partial charge is 0.145 e. The van der Waals surface area contributed by atoms with Crippen LogP contribution >= 0.6 is 0 Å². The lowest BCUT2D eigenvalue weighted by Crippen LogP contribution is -2.10. The number of fused-ring (bicyclic) bond motifs is 1. The van der Waals surface area contributed by atoms with E-state index in [1.807, 2.05) is 6.07 Å². The summed E-state index contributed by atoms with van der Waals surface area (Å²) in [5.41, 5.74) is 7.09. The van der Waals surface area contributed by atoms with Crippen molar-refractivity contribution in [2.45, 2.75) is 6.04 Å². The first-order valence-electron chi connectivity index (χ1n) is 4.27. The van der Waals surface area contributed by atoms with Crippen molar-refractivity contribution in [3.8, 4) is 17.6 Å². The molecule has 2 rings (SSSR count). The minimum absolute atomic E-state index is 0.136. The van der Waals surface area contributed by atoms with Crippen LogP contribution < -0.4 is 15.2 Å². The molecule has 0 saturated heterocycles. The molecular weight excluding hydrogens is 180 g/mol. The molecule has 1 aliphatic rings. The third-order valence-corrected chi connectivity index (χ3v) is 2.29. The van der Waals surface area contributed by atoms with Gasteiger partial charge in [-0.3, -0.25) is 0 Å². The maximum absolute atomic E-state index is 8.95. The molecule has 1 aliphatic heterocycles. The average molecular weight is 190 g/mol. The maximum Gasteiger partial charge on any atom is 0.145 e. The summed E-state index contributed by atoms with van der Waals surface area (Å²) in [7, 11) is 1.53. The van der Waals surface area contributed by atoms with Gasteiger partial charge >= 0.3 is 0 Å². The number of nitrogens with two attached hydrogens (primary N) is 1. The van der Waals surface area contributed by atoms with Crippen molar-refractivity contribution in [1.29, 1.82) is 5.26 Å². The van der Waals surface area contributed by atoms with Gasteiger partial charge in [-0.2, -0.15) is 5.26 Å².